The summed E-state index contributed by atoms with van der Waals surface area (Å²) in [6.45, 7) is 2.47. The second kappa shape index (κ2) is 8.35. The highest BCUT2D eigenvalue weighted by molar-refractivity contribution is 7.89. The van der Waals surface area contributed by atoms with E-state index in [0.717, 1.165) is 36.1 Å². The van der Waals surface area contributed by atoms with Gasteiger partial charge in [-0.2, -0.15) is 4.31 Å². The van der Waals surface area contributed by atoms with Gasteiger partial charge in [0, 0.05) is 24.0 Å². The number of nitrogens with zero attached hydrogens (tertiary/aromatic N) is 2. The van der Waals surface area contributed by atoms with Crippen LogP contribution in [0.25, 0.3) is 0 Å². The highest BCUT2D eigenvalue weighted by Gasteiger charge is 2.35. The van der Waals surface area contributed by atoms with Gasteiger partial charge < -0.3 is 5.32 Å². The summed E-state index contributed by atoms with van der Waals surface area (Å²) in [4.78, 5) is 4.86. The molecule has 1 N–H and O–H groups in total. The molecule has 6 heteroatoms. The number of para-hydroxylation sites is 1. The number of hydrogen-bond acceptors (Lipinski definition) is 4. The molecule has 0 radical (unpaired) electrons. The maximum atomic E-state index is 13.4. The molecule has 1 unspecified atom stereocenters. The van der Waals surface area contributed by atoms with Crippen molar-refractivity contribution in [1.82, 2.24) is 9.29 Å². The number of pyridine rings is 1. The largest absolute Gasteiger partial charge is 0.340 e. The standard InChI is InChI=1S/C23H25N3O2S/c1-18-12-14-20(15-13-18)29(27,28)26-17-6-5-11-22(26)21-10-7-16-24-23(21)25-19-8-3-2-4-9-19/h2-4,7-10,12-16,22H,5-6,11,17H2,1H3,(H,24,25). The zero-order valence-electron chi connectivity index (χ0n) is 16.5. The van der Waals surface area contributed by atoms with E-state index in [9.17, 15) is 8.42 Å². The van der Waals surface area contributed by atoms with Crippen LogP contribution in [0, 0.1) is 6.92 Å². The molecule has 1 atom stereocenters. The SMILES string of the molecule is Cc1ccc(S(=O)(=O)N2CCCCC2c2cccnc2Nc2ccccc2)cc1. The van der Waals surface area contributed by atoms with Gasteiger partial charge in [-0.1, -0.05) is 48.4 Å². The van der Waals surface area contributed by atoms with Gasteiger partial charge in [-0.3, -0.25) is 0 Å². The quantitative estimate of drug-likeness (QED) is 0.643. The number of aryl methyl sites for hydroxylation is 1. The molecule has 0 spiro atoms. The third-order valence-electron chi connectivity index (χ3n) is 5.32. The van der Waals surface area contributed by atoms with E-state index in [1.165, 1.54) is 0 Å². The molecule has 29 heavy (non-hydrogen) atoms. The Hall–Kier alpha value is -2.70. The average molecular weight is 408 g/mol. The summed E-state index contributed by atoms with van der Waals surface area (Å²) in [5.74, 6) is 0.703. The molecule has 1 saturated heterocycles. The first kappa shape index (κ1) is 19.6. The Morgan fingerprint density at radius 1 is 0.966 bits per heavy atom. The van der Waals surface area contributed by atoms with Gasteiger partial charge in [-0.15, -0.1) is 0 Å². The van der Waals surface area contributed by atoms with E-state index in [0.29, 0.717) is 17.3 Å². The van der Waals surface area contributed by atoms with E-state index in [1.54, 1.807) is 22.6 Å². The van der Waals surface area contributed by atoms with E-state index in [-0.39, 0.29) is 6.04 Å². The van der Waals surface area contributed by atoms with Crippen LogP contribution in [0.5, 0.6) is 0 Å². The van der Waals surface area contributed by atoms with E-state index in [1.807, 2.05) is 61.5 Å². The van der Waals surface area contributed by atoms with Crippen molar-refractivity contribution in [3.05, 3.63) is 84.1 Å². The number of rotatable bonds is 5. The Balaban J connectivity index is 1.71. The second-order valence-electron chi connectivity index (χ2n) is 7.37. The minimum absolute atomic E-state index is 0.241. The summed E-state index contributed by atoms with van der Waals surface area (Å²) in [6, 6.07) is 20.5. The maximum absolute atomic E-state index is 13.4. The summed E-state index contributed by atoms with van der Waals surface area (Å²) in [6.07, 6.45) is 4.37. The molecule has 150 valence electrons. The number of sulfonamides is 1. The van der Waals surface area contributed by atoms with Crippen LogP contribution in [0.15, 0.2) is 77.8 Å². The van der Waals surface area contributed by atoms with Crippen LogP contribution in [-0.4, -0.2) is 24.3 Å². The lowest BCUT2D eigenvalue weighted by atomic mass is 9.98. The number of anilines is 2. The van der Waals surface area contributed by atoms with E-state index in [4.69, 9.17) is 0 Å². The maximum Gasteiger partial charge on any atom is 0.243 e. The predicted octanol–water partition coefficient (Wildman–Crippen LogP) is 5.05. The fourth-order valence-corrected chi connectivity index (χ4v) is 5.47. The number of aromatic nitrogens is 1. The minimum Gasteiger partial charge on any atom is -0.340 e. The molecule has 5 nitrogen and oxygen atoms in total. The van der Waals surface area contributed by atoms with Crippen molar-refractivity contribution in [1.29, 1.82) is 0 Å². The first-order valence-corrected chi connectivity index (χ1v) is 11.4. The second-order valence-corrected chi connectivity index (χ2v) is 9.26. The molecule has 1 aliphatic rings. The minimum atomic E-state index is -3.59. The van der Waals surface area contributed by atoms with Crippen LogP contribution >= 0.6 is 0 Å². The third kappa shape index (κ3) is 4.18. The van der Waals surface area contributed by atoms with Crippen LogP contribution in [0.1, 0.15) is 36.4 Å². The van der Waals surface area contributed by atoms with Gasteiger partial charge in [0.1, 0.15) is 5.82 Å². The summed E-state index contributed by atoms with van der Waals surface area (Å²) >= 11 is 0. The molecule has 0 saturated carbocycles. The molecule has 4 rings (SSSR count). The molecule has 1 fully saturated rings. The van der Waals surface area contributed by atoms with Crippen molar-refractivity contribution in [3.8, 4) is 0 Å². The zero-order chi connectivity index (χ0) is 20.3. The number of nitrogens with one attached hydrogen (secondary N) is 1. The Labute approximate surface area is 172 Å². The van der Waals surface area contributed by atoms with Crippen molar-refractivity contribution in [2.45, 2.75) is 37.1 Å². The molecule has 0 bridgehead atoms. The van der Waals surface area contributed by atoms with Crippen molar-refractivity contribution >= 4 is 21.5 Å². The highest BCUT2D eigenvalue weighted by atomic mass is 32.2. The fourth-order valence-electron chi connectivity index (χ4n) is 3.80. The molecular formula is C23H25N3O2S. The van der Waals surface area contributed by atoms with Gasteiger partial charge >= 0.3 is 0 Å². The van der Waals surface area contributed by atoms with Gasteiger partial charge in [0.05, 0.1) is 10.9 Å². The highest BCUT2D eigenvalue weighted by Crippen LogP contribution is 2.38. The van der Waals surface area contributed by atoms with Gasteiger partial charge in [0.15, 0.2) is 0 Å². The van der Waals surface area contributed by atoms with Crippen LogP contribution in [0.4, 0.5) is 11.5 Å². The van der Waals surface area contributed by atoms with Gasteiger partial charge in [-0.05, 0) is 50.1 Å². The van der Waals surface area contributed by atoms with Gasteiger partial charge in [0.2, 0.25) is 10.0 Å². The molecular weight excluding hydrogens is 382 g/mol. The van der Waals surface area contributed by atoms with E-state index in [2.05, 4.69) is 10.3 Å². The molecule has 0 aliphatic carbocycles. The van der Waals surface area contributed by atoms with Crippen molar-refractivity contribution < 1.29 is 8.42 Å². The van der Waals surface area contributed by atoms with Crippen LogP contribution in [0.2, 0.25) is 0 Å². The monoisotopic (exact) mass is 407 g/mol. The first-order chi connectivity index (χ1) is 14.1. The Morgan fingerprint density at radius 2 is 1.72 bits per heavy atom. The molecule has 3 aromatic rings. The van der Waals surface area contributed by atoms with Crippen molar-refractivity contribution in [2.75, 3.05) is 11.9 Å². The fraction of sp³-hybridized carbons (Fsp3) is 0.261. The topological polar surface area (TPSA) is 62.3 Å². The Morgan fingerprint density at radius 3 is 2.48 bits per heavy atom. The number of piperidine rings is 1. The molecule has 1 aromatic heterocycles. The predicted molar refractivity (Wildman–Crippen MR) is 116 cm³/mol. The normalized spacial score (nSPS) is 17.8. The molecule has 2 aromatic carbocycles. The van der Waals surface area contributed by atoms with Crippen LogP contribution in [-0.2, 0) is 10.0 Å². The van der Waals surface area contributed by atoms with Gasteiger partial charge in [-0.25, -0.2) is 13.4 Å². The van der Waals surface area contributed by atoms with Crippen molar-refractivity contribution in [2.24, 2.45) is 0 Å². The smallest absolute Gasteiger partial charge is 0.243 e. The van der Waals surface area contributed by atoms with Crippen LogP contribution in [0.3, 0.4) is 0 Å². The number of benzene rings is 2. The van der Waals surface area contributed by atoms with E-state index >= 15 is 0 Å². The summed E-state index contributed by atoms with van der Waals surface area (Å²) < 4.78 is 28.5. The molecule has 0 amide bonds. The van der Waals surface area contributed by atoms with Crippen molar-refractivity contribution in [3.63, 3.8) is 0 Å². The van der Waals surface area contributed by atoms with Crippen LogP contribution < -0.4 is 5.32 Å². The Kier molecular flexibility index (Phi) is 5.65. The lowest BCUT2D eigenvalue weighted by Gasteiger charge is -2.35. The third-order valence-corrected chi connectivity index (χ3v) is 7.24. The summed E-state index contributed by atoms with van der Waals surface area (Å²) in [5, 5.41) is 3.36. The zero-order valence-corrected chi connectivity index (χ0v) is 17.3. The molecule has 1 aliphatic heterocycles. The molecule has 2 heterocycles. The average Bonchev–Trinajstić information content (AvgIpc) is 2.75. The lowest BCUT2D eigenvalue weighted by molar-refractivity contribution is 0.256. The number of hydrogen-bond donors (Lipinski definition) is 1. The summed E-state index contributed by atoms with van der Waals surface area (Å²) in [5.41, 5.74) is 2.88. The van der Waals surface area contributed by atoms with Gasteiger partial charge in [0.25, 0.3) is 0 Å². The lowest BCUT2D eigenvalue weighted by Crippen LogP contribution is -2.38. The Bertz CT molecular complexity index is 1070. The van der Waals surface area contributed by atoms with E-state index < -0.39 is 10.0 Å². The summed E-state index contributed by atoms with van der Waals surface area (Å²) in [7, 11) is -3.59. The first-order valence-electron chi connectivity index (χ1n) is 9.91.